The topological polar surface area (TPSA) is 39.2 Å². The van der Waals surface area contributed by atoms with Crippen molar-refractivity contribution in [2.75, 3.05) is 0 Å². The van der Waals surface area contributed by atoms with Crippen LogP contribution in [0.4, 0.5) is 0 Å². The molecule has 18 heavy (non-hydrogen) atoms. The molecule has 1 aliphatic rings. The van der Waals surface area contributed by atoms with Crippen LogP contribution in [0.15, 0.2) is 29.4 Å². The fraction of sp³-hybridized carbons (Fsp3) is 0.538. The van der Waals surface area contributed by atoms with E-state index in [-0.39, 0.29) is 12.1 Å². The van der Waals surface area contributed by atoms with E-state index in [0.717, 1.165) is 24.3 Å². The summed E-state index contributed by atoms with van der Waals surface area (Å²) >= 11 is 0. The van der Waals surface area contributed by atoms with Gasteiger partial charge in [0.1, 0.15) is 11.1 Å². The number of esters is 1. The molecule has 0 spiro atoms. The van der Waals surface area contributed by atoms with E-state index in [2.05, 4.69) is 4.98 Å². The van der Waals surface area contributed by atoms with Gasteiger partial charge >= 0.3 is 5.97 Å². The average molecular weight is 283 g/mol. The number of ether oxygens (including phenoxy) is 1. The summed E-state index contributed by atoms with van der Waals surface area (Å²) in [6.45, 7) is 1.49. The number of hydrogen-bond donors (Lipinski definition) is 0. The van der Waals surface area contributed by atoms with Gasteiger partial charge in [0.25, 0.3) is 0 Å². The molecule has 1 aromatic heterocycles. The number of rotatable bonds is 4. The minimum absolute atomic E-state index is 0.0671. The standard InChI is InChI=1S/C13H17NO2S2/c1-10(15)16-11-6-2-3-7-12(11)17-18-13-8-4-5-9-14-13/h4-5,8-9,11-12H,2-3,6-7H2,1H3/t11-,12-/m1/s1. The third kappa shape index (κ3) is 4.21. The zero-order chi connectivity index (χ0) is 12.8. The Morgan fingerprint density at radius 2 is 2.22 bits per heavy atom. The van der Waals surface area contributed by atoms with E-state index in [1.807, 2.05) is 18.2 Å². The zero-order valence-corrected chi connectivity index (χ0v) is 12.0. The van der Waals surface area contributed by atoms with Crippen molar-refractivity contribution < 1.29 is 9.53 Å². The molecular formula is C13H17NO2S2. The number of pyridine rings is 1. The fourth-order valence-corrected chi connectivity index (χ4v) is 4.69. The lowest BCUT2D eigenvalue weighted by Crippen LogP contribution is -2.31. The minimum atomic E-state index is -0.171. The van der Waals surface area contributed by atoms with Crippen molar-refractivity contribution in [2.24, 2.45) is 0 Å². The van der Waals surface area contributed by atoms with Crippen LogP contribution in [0.5, 0.6) is 0 Å². The second-order valence-electron chi connectivity index (χ2n) is 4.32. The van der Waals surface area contributed by atoms with Gasteiger partial charge in [0, 0.05) is 13.1 Å². The van der Waals surface area contributed by atoms with Crippen LogP contribution in [0.2, 0.25) is 0 Å². The first-order chi connectivity index (χ1) is 8.75. The molecular weight excluding hydrogens is 266 g/mol. The van der Waals surface area contributed by atoms with Crippen LogP contribution >= 0.6 is 21.6 Å². The van der Waals surface area contributed by atoms with Crippen LogP contribution in [-0.2, 0) is 9.53 Å². The third-order valence-electron chi connectivity index (χ3n) is 2.85. The Morgan fingerprint density at radius 3 is 2.94 bits per heavy atom. The lowest BCUT2D eigenvalue weighted by molar-refractivity contribution is -0.147. The van der Waals surface area contributed by atoms with Gasteiger partial charge in [-0.1, -0.05) is 23.3 Å². The molecule has 1 fully saturated rings. The van der Waals surface area contributed by atoms with Gasteiger partial charge < -0.3 is 4.74 Å². The van der Waals surface area contributed by atoms with Gasteiger partial charge in [-0.15, -0.1) is 0 Å². The SMILES string of the molecule is CC(=O)O[C@@H]1CCCC[C@H]1SSc1ccccn1. The molecule has 0 radical (unpaired) electrons. The Kier molecular flexibility index (Phi) is 5.38. The molecule has 0 bridgehead atoms. The lowest BCUT2D eigenvalue weighted by atomic mass is 9.97. The van der Waals surface area contributed by atoms with Crippen molar-refractivity contribution >= 4 is 27.6 Å². The molecule has 1 aliphatic carbocycles. The zero-order valence-electron chi connectivity index (χ0n) is 10.4. The maximum absolute atomic E-state index is 11.1. The molecule has 0 amide bonds. The summed E-state index contributed by atoms with van der Waals surface area (Å²) in [4.78, 5) is 15.4. The minimum Gasteiger partial charge on any atom is -0.461 e. The van der Waals surface area contributed by atoms with Gasteiger partial charge in [-0.2, -0.15) is 0 Å². The van der Waals surface area contributed by atoms with E-state index in [4.69, 9.17) is 4.74 Å². The van der Waals surface area contributed by atoms with Crippen LogP contribution in [0.25, 0.3) is 0 Å². The number of hydrogen-bond acceptors (Lipinski definition) is 5. The predicted octanol–water partition coefficient (Wildman–Crippen LogP) is 3.70. The molecule has 0 N–H and O–H groups in total. The van der Waals surface area contributed by atoms with Gasteiger partial charge in [-0.3, -0.25) is 4.79 Å². The van der Waals surface area contributed by atoms with Gasteiger partial charge in [-0.25, -0.2) is 4.98 Å². The van der Waals surface area contributed by atoms with E-state index in [1.165, 1.54) is 13.3 Å². The van der Waals surface area contributed by atoms with Crippen LogP contribution in [-0.4, -0.2) is 22.3 Å². The summed E-state index contributed by atoms with van der Waals surface area (Å²) in [6, 6.07) is 5.90. The molecule has 0 unspecified atom stereocenters. The Hall–Kier alpha value is -0.680. The van der Waals surface area contributed by atoms with E-state index in [9.17, 15) is 4.79 Å². The molecule has 5 heteroatoms. The number of carbonyl (C=O) groups is 1. The summed E-state index contributed by atoms with van der Waals surface area (Å²) in [5, 5.41) is 1.39. The number of carbonyl (C=O) groups excluding carboxylic acids is 1. The first kappa shape index (κ1) is 13.7. The second kappa shape index (κ2) is 7.04. The smallest absolute Gasteiger partial charge is 0.302 e. The van der Waals surface area contributed by atoms with Gasteiger partial charge in [0.05, 0.1) is 5.25 Å². The van der Waals surface area contributed by atoms with Crippen molar-refractivity contribution in [3.8, 4) is 0 Å². The van der Waals surface area contributed by atoms with Crippen LogP contribution < -0.4 is 0 Å². The Balaban J connectivity index is 1.87. The molecule has 3 nitrogen and oxygen atoms in total. The van der Waals surface area contributed by atoms with E-state index >= 15 is 0 Å². The first-order valence-electron chi connectivity index (χ1n) is 6.17. The van der Waals surface area contributed by atoms with Gasteiger partial charge in [0.2, 0.25) is 0 Å². The molecule has 98 valence electrons. The molecule has 1 aromatic rings. The largest absolute Gasteiger partial charge is 0.461 e. The molecule has 1 heterocycles. The highest BCUT2D eigenvalue weighted by atomic mass is 33.1. The molecule has 2 atom stereocenters. The fourth-order valence-electron chi connectivity index (χ4n) is 2.03. The average Bonchev–Trinajstić information content (AvgIpc) is 2.38. The number of nitrogens with zero attached hydrogens (tertiary/aromatic N) is 1. The Bertz CT molecular complexity index is 386. The molecule has 0 aliphatic heterocycles. The second-order valence-corrected chi connectivity index (χ2v) is 6.78. The van der Waals surface area contributed by atoms with Crippen molar-refractivity contribution in [1.29, 1.82) is 0 Å². The highest BCUT2D eigenvalue weighted by molar-refractivity contribution is 8.76. The Morgan fingerprint density at radius 1 is 1.39 bits per heavy atom. The summed E-state index contributed by atoms with van der Waals surface area (Å²) in [7, 11) is 3.45. The van der Waals surface area contributed by atoms with Crippen molar-refractivity contribution in [1.82, 2.24) is 4.98 Å². The summed E-state index contributed by atoms with van der Waals surface area (Å²) in [6.07, 6.45) is 6.34. The molecule has 1 saturated carbocycles. The first-order valence-corrected chi connectivity index (χ1v) is 8.38. The highest BCUT2D eigenvalue weighted by Gasteiger charge is 2.28. The normalized spacial score (nSPS) is 23.6. The maximum atomic E-state index is 11.1. The van der Waals surface area contributed by atoms with Gasteiger partial charge in [-0.05, 0) is 42.2 Å². The maximum Gasteiger partial charge on any atom is 0.302 e. The Labute approximate surface area is 115 Å². The quantitative estimate of drug-likeness (QED) is 0.622. The van der Waals surface area contributed by atoms with Crippen LogP contribution in [0.1, 0.15) is 32.6 Å². The van der Waals surface area contributed by atoms with Gasteiger partial charge in [0.15, 0.2) is 0 Å². The third-order valence-corrected chi connectivity index (χ3v) is 5.69. The summed E-state index contributed by atoms with van der Waals surface area (Å²) in [5.41, 5.74) is 0. The van der Waals surface area contributed by atoms with Crippen LogP contribution in [0, 0.1) is 0 Å². The van der Waals surface area contributed by atoms with Crippen molar-refractivity contribution in [3.05, 3.63) is 24.4 Å². The molecule has 2 rings (SSSR count). The molecule has 0 saturated heterocycles. The van der Waals surface area contributed by atoms with E-state index < -0.39 is 0 Å². The number of aromatic nitrogens is 1. The van der Waals surface area contributed by atoms with Crippen LogP contribution in [0.3, 0.4) is 0 Å². The van der Waals surface area contributed by atoms with E-state index in [0.29, 0.717) is 5.25 Å². The van der Waals surface area contributed by atoms with Crippen molar-refractivity contribution in [3.63, 3.8) is 0 Å². The summed E-state index contributed by atoms with van der Waals surface area (Å²) < 4.78 is 5.40. The molecule has 0 aromatic carbocycles. The summed E-state index contributed by atoms with van der Waals surface area (Å²) in [5.74, 6) is -0.171. The van der Waals surface area contributed by atoms with E-state index in [1.54, 1.807) is 27.8 Å². The highest BCUT2D eigenvalue weighted by Crippen LogP contribution is 2.40. The monoisotopic (exact) mass is 283 g/mol. The van der Waals surface area contributed by atoms with Crippen molar-refractivity contribution in [2.45, 2.75) is 49.0 Å². The lowest BCUT2D eigenvalue weighted by Gasteiger charge is -2.29. The predicted molar refractivity (Wildman–Crippen MR) is 75.5 cm³/mol.